The Morgan fingerprint density at radius 2 is 1.82 bits per heavy atom. The summed E-state index contributed by atoms with van der Waals surface area (Å²) < 4.78 is 41.9. The lowest BCUT2D eigenvalue weighted by Crippen LogP contribution is -2.33. The topological polar surface area (TPSA) is 90.6 Å². The normalized spacial score (nSPS) is 13.4. The van der Waals surface area contributed by atoms with Gasteiger partial charge in [-0.2, -0.15) is 14.0 Å². The number of nitrogens with zero attached hydrogens (tertiary/aromatic N) is 2. The average Bonchev–Trinajstić information content (AvgIpc) is 3.50. The van der Waals surface area contributed by atoms with Crippen LogP contribution in [0.15, 0.2) is 77.6 Å². The molecule has 10 heteroatoms. The molecule has 190 valence electrons. The Balaban J connectivity index is 1.65. The van der Waals surface area contributed by atoms with Crippen LogP contribution in [0.4, 0.5) is 8.78 Å². The number of halogens is 2. The van der Waals surface area contributed by atoms with E-state index in [1.165, 1.54) is 28.8 Å². The Labute approximate surface area is 218 Å². The molecule has 5 rings (SSSR count). The van der Waals surface area contributed by atoms with Crippen molar-refractivity contribution >= 4 is 28.8 Å². The summed E-state index contributed by atoms with van der Waals surface area (Å²) in [7, 11) is 0. The predicted octanol–water partition coefficient (Wildman–Crippen LogP) is 3.67. The van der Waals surface area contributed by atoms with E-state index in [2.05, 4.69) is 4.74 Å². The lowest BCUT2D eigenvalue weighted by atomic mass is 10.1. The number of fused-ring (bicyclic) bond motifs is 1. The number of ether oxygens (including phenoxy) is 3. The third kappa shape index (κ3) is 5.19. The van der Waals surface area contributed by atoms with Crippen LogP contribution in [0, 0.1) is 11.3 Å². The van der Waals surface area contributed by atoms with Crippen molar-refractivity contribution < 1.29 is 27.8 Å². The van der Waals surface area contributed by atoms with Gasteiger partial charge < -0.3 is 14.2 Å². The molecule has 2 heterocycles. The molecule has 0 saturated heterocycles. The first kappa shape index (κ1) is 24.9. The number of hydrogen-bond donors (Lipinski definition) is 0. The Kier molecular flexibility index (Phi) is 7.02. The molecule has 0 atom stereocenters. The van der Waals surface area contributed by atoms with Crippen molar-refractivity contribution in [2.45, 2.75) is 13.2 Å². The first-order valence-electron chi connectivity index (χ1n) is 11.3. The molecule has 0 saturated carbocycles. The molecule has 0 bridgehead atoms. The first-order valence-corrected chi connectivity index (χ1v) is 12.1. The maximum absolute atomic E-state index is 13.6. The van der Waals surface area contributed by atoms with Gasteiger partial charge in [0.05, 0.1) is 11.1 Å². The van der Waals surface area contributed by atoms with Gasteiger partial charge in [-0.1, -0.05) is 48.5 Å². The number of aromatic nitrogens is 1. The van der Waals surface area contributed by atoms with Gasteiger partial charge in [0.1, 0.15) is 22.1 Å². The van der Waals surface area contributed by atoms with E-state index in [0.717, 1.165) is 11.3 Å². The van der Waals surface area contributed by atoms with Crippen LogP contribution in [0.1, 0.15) is 21.5 Å². The zero-order valence-corrected chi connectivity index (χ0v) is 20.4. The first-order chi connectivity index (χ1) is 18.4. The zero-order chi connectivity index (χ0) is 26.6. The number of ketones is 1. The van der Waals surface area contributed by atoms with E-state index in [4.69, 9.17) is 9.47 Å². The molecule has 1 aromatic heterocycles. The minimum Gasteiger partial charge on any atom is -0.454 e. The Bertz CT molecular complexity index is 1720. The lowest BCUT2D eigenvalue weighted by Gasteiger charge is -2.06. The highest BCUT2D eigenvalue weighted by Crippen LogP contribution is 2.32. The SMILES string of the molecule is N#C/C(C(=O)c1ccccc1)=c1/s/c(=C\c2ccc(OC(F)F)cc2)c(=O)n1Cc1ccc2c(c1)OCO2. The molecule has 7 nitrogen and oxygen atoms in total. The molecule has 0 radical (unpaired) electrons. The van der Waals surface area contributed by atoms with Crippen LogP contribution in [0.25, 0.3) is 11.6 Å². The Hall–Kier alpha value is -4.75. The predicted molar refractivity (Wildman–Crippen MR) is 136 cm³/mol. The minimum atomic E-state index is -2.95. The van der Waals surface area contributed by atoms with Crippen molar-refractivity contribution in [2.24, 2.45) is 0 Å². The molecule has 0 amide bonds. The van der Waals surface area contributed by atoms with Crippen LogP contribution in [0.2, 0.25) is 0 Å². The number of alkyl halides is 2. The van der Waals surface area contributed by atoms with Crippen LogP contribution < -0.4 is 29.0 Å². The summed E-state index contributed by atoms with van der Waals surface area (Å²) in [6, 6.07) is 21.4. The fourth-order valence-electron chi connectivity index (χ4n) is 3.90. The maximum atomic E-state index is 13.6. The molecule has 0 aliphatic carbocycles. The molecule has 0 fully saturated rings. The lowest BCUT2D eigenvalue weighted by molar-refractivity contribution is -0.0498. The van der Waals surface area contributed by atoms with Crippen molar-refractivity contribution in [3.05, 3.63) is 109 Å². The van der Waals surface area contributed by atoms with Gasteiger partial charge in [-0.15, -0.1) is 11.3 Å². The van der Waals surface area contributed by atoms with Gasteiger partial charge in [0, 0.05) is 5.56 Å². The van der Waals surface area contributed by atoms with Crippen molar-refractivity contribution in [3.63, 3.8) is 0 Å². The maximum Gasteiger partial charge on any atom is 0.387 e. The highest BCUT2D eigenvalue weighted by molar-refractivity contribution is 7.07. The fraction of sp³-hybridized carbons (Fsp3) is 0.107. The largest absolute Gasteiger partial charge is 0.454 e. The van der Waals surface area contributed by atoms with Gasteiger partial charge in [0.25, 0.3) is 5.56 Å². The van der Waals surface area contributed by atoms with Gasteiger partial charge in [-0.3, -0.25) is 14.2 Å². The molecule has 1 aliphatic heterocycles. The second-order valence-corrected chi connectivity index (χ2v) is 9.15. The molecule has 0 N–H and O–H groups in total. The number of benzene rings is 3. The van der Waals surface area contributed by atoms with Crippen LogP contribution >= 0.6 is 11.3 Å². The Morgan fingerprint density at radius 1 is 1.08 bits per heavy atom. The molecule has 0 unspecified atom stereocenters. The molecular weight excluding hydrogens is 514 g/mol. The van der Waals surface area contributed by atoms with Gasteiger partial charge in [-0.25, -0.2) is 0 Å². The van der Waals surface area contributed by atoms with Gasteiger partial charge in [-0.05, 0) is 41.5 Å². The van der Waals surface area contributed by atoms with Gasteiger partial charge in [0.2, 0.25) is 12.6 Å². The average molecular weight is 533 g/mol. The van der Waals surface area contributed by atoms with Crippen molar-refractivity contribution in [3.8, 4) is 23.3 Å². The summed E-state index contributed by atoms with van der Waals surface area (Å²) in [5.74, 6) is 0.602. The van der Waals surface area contributed by atoms with E-state index < -0.39 is 18.0 Å². The number of carbonyl (C=O) groups is 1. The molecule has 0 spiro atoms. The number of hydrogen-bond acceptors (Lipinski definition) is 7. The number of rotatable bonds is 7. The standard InChI is InChI=1S/C28H18F2N2O5S/c29-28(30)37-20-9-6-17(7-10-20)13-24-26(34)32(15-18-8-11-22-23(12-18)36-16-35-22)27(38-24)21(14-31)25(33)19-4-2-1-3-5-19/h1-13,28H,15-16H2/b24-13-,27-21-. The van der Waals surface area contributed by atoms with E-state index >= 15 is 0 Å². The summed E-state index contributed by atoms with van der Waals surface area (Å²) in [5.41, 5.74) is 1.00. The third-order valence-corrected chi connectivity index (χ3v) is 6.81. The minimum absolute atomic E-state index is 0.0159. The summed E-state index contributed by atoms with van der Waals surface area (Å²) in [6.45, 7) is -2.78. The summed E-state index contributed by atoms with van der Waals surface area (Å²) in [5, 5.41) is 9.98. The second-order valence-electron chi connectivity index (χ2n) is 8.12. The van der Waals surface area contributed by atoms with E-state index in [0.29, 0.717) is 28.2 Å². The molecule has 1 aliphatic rings. The van der Waals surface area contributed by atoms with Gasteiger partial charge in [0.15, 0.2) is 11.5 Å². The second kappa shape index (κ2) is 10.7. The Morgan fingerprint density at radius 3 is 2.53 bits per heavy atom. The smallest absolute Gasteiger partial charge is 0.387 e. The monoisotopic (exact) mass is 532 g/mol. The van der Waals surface area contributed by atoms with Crippen LogP contribution in [0.3, 0.4) is 0 Å². The highest BCUT2D eigenvalue weighted by Gasteiger charge is 2.19. The summed E-state index contributed by atoms with van der Waals surface area (Å²) >= 11 is 1.00. The number of Topliss-reactive ketones (excluding diaryl/α,β-unsaturated/α-hetero) is 1. The number of carbonyl (C=O) groups excluding carboxylic acids is 1. The molecule has 4 aromatic rings. The number of thiazole rings is 1. The van der Waals surface area contributed by atoms with Crippen molar-refractivity contribution in [1.82, 2.24) is 4.57 Å². The molecule has 38 heavy (non-hydrogen) atoms. The van der Waals surface area contributed by atoms with Crippen LogP contribution in [0.5, 0.6) is 17.2 Å². The van der Waals surface area contributed by atoms with E-state index in [9.17, 15) is 23.6 Å². The zero-order valence-electron chi connectivity index (χ0n) is 19.6. The van der Waals surface area contributed by atoms with E-state index in [1.54, 1.807) is 54.6 Å². The number of nitriles is 1. The quantitative estimate of drug-likeness (QED) is 0.338. The van der Waals surface area contributed by atoms with Crippen molar-refractivity contribution in [1.29, 1.82) is 5.26 Å². The highest BCUT2D eigenvalue weighted by atomic mass is 32.1. The van der Waals surface area contributed by atoms with Gasteiger partial charge >= 0.3 is 6.61 Å². The van der Waals surface area contributed by atoms with Crippen molar-refractivity contribution in [2.75, 3.05) is 6.79 Å². The summed E-state index contributed by atoms with van der Waals surface area (Å²) in [6.07, 6.45) is 1.57. The third-order valence-electron chi connectivity index (χ3n) is 5.68. The van der Waals surface area contributed by atoms with Crippen LogP contribution in [-0.2, 0) is 6.54 Å². The molecule has 3 aromatic carbocycles. The molecular formula is C28H18F2N2O5S. The van der Waals surface area contributed by atoms with E-state index in [-0.39, 0.29) is 33.9 Å². The van der Waals surface area contributed by atoms with Crippen LogP contribution in [-0.4, -0.2) is 23.8 Å². The van der Waals surface area contributed by atoms with E-state index in [1.807, 2.05) is 6.07 Å². The fourth-order valence-corrected chi connectivity index (χ4v) is 5.00. The summed E-state index contributed by atoms with van der Waals surface area (Å²) in [4.78, 5) is 26.8.